The van der Waals surface area contributed by atoms with Crippen molar-refractivity contribution in [2.45, 2.75) is 13.0 Å². The number of ether oxygens (including phenoxy) is 2. The third kappa shape index (κ3) is 4.42. The first-order valence-corrected chi connectivity index (χ1v) is 7.01. The molecule has 1 unspecified atom stereocenters. The zero-order valence-corrected chi connectivity index (χ0v) is 12.8. The van der Waals surface area contributed by atoms with Crippen LogP contribution in [-0.4, -0.2) is 19.6 Å². The third-order valence-corrected chi connectivity index (χ3v) is 3.24. The number of methoxy groups -OCH3 is 1. The molecule has 2 aromatic carbocycles. The lowest BCUT2D eigenvalue weighted by Gasteiger charge is -2.17. The largest absolute Gasteiger partial charge is 0.496 e. The quantitative estimate of drug-likeness (QED) is 0.888. The second-order valence-electron chi connectivity index (χ2n) is 4.90. The van der Waals surface area contributed by atoms with Crippen molar-refractivity contribution >= 4 is 5.91 Å². The van der Waals surface area contributed by atoms with Gasteiger partial charge in [0.05, 0.1) is 13.2 Å². The molecule has 0 aromatic heterocycles. The molecule has 0 spiro atoms. The van der Waals surface area contributed by atoms with Gasteiger partial charge in [-0.2, -0.15) is 0 Å². The van der Waals surface area contributed by atoms with Gasteiger partial charge in [0.1, 0.15) is 11.5 Å². The molecule has 2 aromatic rings. The van der Waals surface area contributed by atoms with Crippen molar-refractivity contribution < 1.29 is 23.0 Å². The number of carbonyl (C=O) groups is 1. The first-order chi connectivity index (χ1) is 11.0. The van der Waals surface area contributed by atoms with Crippen LogP contribution in [-0.2, 0) is 4.79 Å². The van der Waals surface area contributed by atoms with Crippen LogP contribution in [0.3, 0.4) is 0 Å². The number of carbonyl (C=O) groups excluding carboxylic acids is 1. The van der Waals surface area contributed by atoms with Gasteiger partial charge < -0.3 is 14.8 Å². The van der Waals surface area contributed by atoms with Gasteiger partial charge in [0, 0.05) is 11.6 Å². The van der Waals surface area contributed by atoms with Crippen molar-refractivity contribution in [3.63, 3.8) is 0 Å². The van der Waals surface area contributed by atoms with E-state index in [0.717, 1.165) is 17.7 Å². The minimum atomic E-state index is -1.02. The molecular formula is C17H17F2NO3. The molecule has 23 heavy (non-hydrogen) atoms. The zero-order chi connectivity index (χ0) is 16.8. The molecule has 0 saturated heterocycles. The summed E-state index contributed by atoms with van der Waals surface area (Å²) in [6, 6.07) is 10.1. The highest BCUT2D eigenvalue weighted by Gasteiger charge is 2.14. The molecule has 2 rings (SSSR count). The fourth-order valence-corrected chi connectivity index (χ4v) is 2.10. The summed E-state index contributed by atoms with van der Waals surface area (Å²) in [5.74, 6) is -1.61. The smallest absolute Gasteiger partial charge is 0.258 e. The Morgan fingerprint density at radius 3 is 2.61 bits per heavy atom. The SMILES string of the molecule is COc1ccccc1C(C)NC(=O)COc1ccc(F)c(F)c1. The number of hydrogen-bond acceptors (Lipinski definition) is 3. The van der Waals surface area contributed by atoms with Crippen molar-refractivity contribution in [3.8, 4) is 11.5 Å². The van der Waals surface area contributed by atoms with Crippen molar-refractivity contribution in [2.24, 2.45) is 0 Å². The highest BCUT2D eigenvalue weighted by Crippen LogP contribution is 2.24. The van der Waals surface area contributed by atoms with E-state index in [9.17, 15) is 13.6 Å². The van der Waals surface area contributed by atoms with E-state index in [-0.39, 0.29) is 24.3 Å². The van der Waals surface area contributed by atoms with Crippen LogP contribution in [0.1, 0.15) is 18.5 Å². The molecule has 0 fully saturated rings. The predicted molar refractivity (Wildman–Crippen MR) is 81.4 cm³/mol. The molecule has 0 heterocycles. The summed E-state index contributed by atoms with van der Waals surface area (Å²) < 4.78 is 36.2. The summed E-state index contributed by atoms with van der Waals surface area (Å²) in [6.45, 7) is 1.51. The molecule has 0 aliphatic heterocycles. The first kappa shape index (κ1) is 16.7. The van der Waals surface area contributed by atoms with Crippen LogP contribution in [0.4, 0.5) is 8.78 Å². The summed E-state index contributed by atoms with van der Waals surface area (Å²) in [5.41, 5.74) is 0.830. The van der Waals surface area contributed by atoms with Gasteiger partial charge in [-0.05, 0) is 25.1 Å². The summed E-state index contributed by atoms with van der Waals surface area (Å²) in [6.07, 6.45) is 0. The fourth-order valence-electron chi connectivity index (χ4n) is 2.10. The molecule has 4 nitrogen and oxygen atoms in total. The number of halogens is 2. The molecular weight excluding hydrogens is 304 g/mol. The van der Waals surface area contributed by atoms with Crippen LogP contribution in [0.5, 0.6) is 11.5 Å². The van der Waals surface area contributed by atoms with Crippen molar-refractivity contribution in [1.82, 2.24) is 5.32 Å². The Morgan fingerprint density at radius 2 is 1.91 bits per heavy atom. The third-order valence-electron chi connectivity index (χ3n) is 3.24. The number of benzene rings is 2. The van der Waals surface area contributed by atoms with E-state index in [1.807, 2.05) is 25.1 Å². The Kier molecular flexibility index (Phi) is 5.51. The number of rotatable bonds is 6. The summed E-state index contributed by atoms with van der Waals surface area (Å²) in [7, 11) is 1.56. The minimum absolute atomic E-state index is 0.0870. The number of hydrogen-bond donors (Lipinski definition) is 1. The zero-order valence-electron chi connectivity index (χ0n) is 12.8. The molecule has 1 atom stereocenters. The molecule has 0 aliphatic rings. The standard InChI is InChI=1S/C17H17F2NO3/c1-11(13-5-3-4-6-16(13)22-2)20-17(21)10-23-12-7-8-14(18)15(19)9-12/h3-9,11H,10H2,1-2H3,(H,20,21). The Morgan fingerprint density at radius 1 is 1.17 bits per heavy atom. The van der Waals surface area contributed by atoms with E-state index in [2.05, 4.69) is 5.32 Å². The molecule has 122 valence electrons. The van der Waals surface area contributed by atoms with Crippen LogP contribution >= 0.6 is 0 Å². The predicted octanol–water partition coefficient (Wildman–Crippen LogP) is 3.23. The number of nitrogens with one attached hydrogen (secondary N) is 1. The molecule has 1 N–H and O–H groups in total. The van der Waals surface area contributed by atoms with Gasteiger partial charge in [0.15, 0.2) is 18.2 Å². The number of para-hydroxylation sites is 1. The Hall–Kier alpha value is -2.63. The summed E-state index contributed by atoms with van der Waals surface area (Å²) >= 11 is 0. The molecule has 0 radical (unpaired) electrons. The van der Waals surface area contributed by atoms with Crippen LogP contribution in [0, 0.1) is 11.6 Å². The Labute approximate surface area is 133 Å². The van der Waals surface area contributed by atoms with E-state index in [0.29, 0.717) is 5.75 Å². The van der Waals surface area contributed by atoms with E-state index in [4.69, 9.17) is 9.47 Å². The van der Waals surface area contributed by atoms with Gasteiger partial charge in [-0.1, -0.05) is 18.2 Å². The van der Waals surface area contributed by atoms with Gasteiger partial charge in [-0.15, -0.1) is 0 Å². The van der Waals surface area contributed by atoms with Crippen LogP contribution in [0.2, 0.25) is 0 Å². The van der Waals surface area contributed by atoms with Gasteiger partial charge >= 0.3 is 0 Å². The van der Waals surface area contributed by atoms with E-state index in [1.165, 1.54) is 6.07 Å². The first-order valence-electron chi connectivity index (χ1n) is 7.01. The second-order valence-corrected chi connectivity index (χ2v) is 4.90. The van der Waals surface area contributed by atoms with Crippen LogP contribution < -0.4 is 14.8 Å². The molecule has 6 heteroatoms. The molecule has 1 amide bonds. The molecule has 0 saturated carbocycles. The van der Waals surface area contributed by atoms with E-state index >= 15 is 0 Å². The van der Waals surface area contributed by atoms with Crippen molar-refractivity contribution in [1.29, 1.82) is 0 Å². The summed E-state index contributed by atoms with van der Waals surface area (Å²) in [4.78, 5) is 11.9. The summed E-state index contributed by atoms with van der Waals surface area (Å²) in [5, 5.41) is 2.76. The highest BCUT2D eigenvalue weighted by molar-refractivity contribution is 5.78. The van der Waals surface area contributed by atoms with Crippen molar-refractivity contribution in [2.75, 3.05) is 13.7 Å². The van der Waals surface area contributed by atoms with Gasteiger partial charge in [-0.3, -0.25) is 4.79 Å². The maximum atomic E-state index is 13.0. The van der Waals surface area contributed by atoms with Gasteiger partial charge in [0.2, 0.25) is 0 Å². The number of amides is 1. The molecule has 0 aliphatic carbocycles. The normalized spacial score (nSPS) is 11.7. The average Bonchev–Trinajstić information content (AvgIpc) is 2.55. The lowest BCUT2D eigenvalue weighted by Crippen LogP contribution is -2.31. The van der Waals surface area contributed by atoms with Crippen molar-refractivity contribution in [3.05, 3.63) is 59.7 Å². The van der Waals surface area contributed by atoms with Gasteiger partial charge in [0.25, 0.3) is 5.91 Å². The van der Waals surface area contributed by atoms with Gasteiger partial charge in [-0.25, -0.2) is 8.78 Å². The minimum Gasteiger partial charge on any atom is -0.496 e. The average molecular weight is 321 g/mol. The maximum Gasteiger partial charge on any atom is 0.258 e. The van der Waals surface area contributed by atoms with Crippen LogP contribution in [0.25, 0.3) is 0 Å². The lowest BCUT2D eigenvalue weighted by atomic mass is 10.1. The lowest BCUT2D eigenvalue weighted by molar-refractivity contribution is -0.123. The monoisotopic (exact) mass is 321 g/mol. The topological polar surface area (TPSA) is 47.6 Å². The fraction of sp³-hybridized carbons (Fsp3) is 0.235. The van der Waals surface area contributed by atoms with E-state index in [1.54, 1.807) is 13.2 Å². The Bertz CT molecular complexity index is 691. The highest BCUT2D eigenvalue weighted by atomic mass is 19.2. The Balaban J connectivity index is 1.92. The van der Waals surface area contributed by atoms with Crippen LogP contribution in [0.15, 0.2) is 42.5 Å². The van der Waals surface area contributed by atoms with E-state index < -0.39 is 11.6 Å². The maximum absolute atomic E-state index is 13.0. The second kappa shape index (κ2) is 7.58. The molecule has 0 bridgehead atoms.